The topological polar surface area (TPSA) is 47.6 Å². The van der Waals surface area contributed by atoms with Crippen molar-refractivity contribution in [2.75, 3.05) is 20.3 Å². The zero-order valence-electron chi connectivity index (χ0n) is 15.4. The van der Waals surface area contributed by atoms with E-state index in [0.29, 0.717) is 19.6 Å². The van der Waals surface area contributed by atoms with E-state index >= 15 is 0 Å². The van der Waals surface area contributed by atoms with E-state index in [-0.39, 0.29) is 5.91 Å². The third kappa shape index (κ3) is 5.61. The standard InChI is InChI=1S/C23H23NO3/c1-26-21-8-5-9-22(17-21)27-15-14-24-23(25)16-18-10-12-20(13-11-18)19-6-3-2-4-7-19/h2-13,17H,14-16H2,1H3,(H,24,25). The van der Waals surface area contributed by atoms with Gasteiger partial charge in [-0.25, -0.2) is 0 Å². The van der Waals surface area contributed by atoms with Gasteiger partial charge in [-0.2, -0.15) is 0 Å². The molecule has 4 heteroatoms. The summed E-state index contributed by atoms with van der Waals surface area (Å²) in [5.74, 6) is 1.45. The highest BCUT2D eigenvalue weighted by molar-refractivity contribution is 5.78. The smallest absolute Gasteiger partial charge is 0.224 e. The molecular weight excluding hydrogens is 338 g/mol. The van der Waals surface area contributed by atoms with Crippen LogP contribution in [-0.4, -0.2) is 26.2 Å². The Morgan fingerprint density at radius 3 is 2.30 bits per heavy atom. The summed E-state index contributed by atoms with van der Waals surface area (Å²) in [4.78, 5) is 12.1. The Hall–Kier alpha value is -3.27. The number of methoxy groups -OCH3 is 1. The summed E-state index contributed by atoms with van der Waals surface area (Å²) in [6, 6.07) is 25.7. The van der Waals surface area contributed by atoms with Crippen molar-refractivity contribution >= 4 is 5.91 Å². The van der Waals surface area contributed by atoms with Crippen LogP contribution in [0.2, 0.25) is 0 Å². The summed E-state index contributed by atoms with van der Waals surface area (Å²) >= 11 is 0. The van der Waals surface area contributed by atoms with Gasteiger partial charge in [0, 0.05) is 6.07 Å². The Morgan fingerprint density at radius 2 is 1.56 bits per heavy atom. The van der Waals surface area contributed by atoms with Crippen molar-refractivity contribution in [2.45, 2.75) is 6.42 Å². The lowest BCUT2D eigenvalue weighted by Gasteiger charge is -2.09. The van der Waals surface area contributed by atoms with Gasteiger partial charge in [-0.05, 0) is 28.8 Å². The first-order valence-corrected chi connectivity index (χ1v) is 8.92. The quantitative estimate of drug-likeness (QED) is 0.615. The largest absolute Gasteiger partial charge is 0.497 e. The Morgan fingerprint density at radius 1 is 0.852 bits per heavy atom. The van der Waals surface area contributed by atoms with Crippen LogP contribution in [0.15, 0.2) is 78.9 Å². The van der Waals surface area contributed by atoms with Gasteiger partial charge in [-0.3, -0.25) is 4.79 Å². The molecule has 0 fully saturated rings. The number of benzene rings is 3. The van der Waals surface area contributed by atoms with Gasteiger partial charge >= 0.3 is 0 Å². The second kappa shape index (κ2) is 9.43. The normalized spacial score (nSPS) is 10.3. The molecule has 0 unspecified atom stereocenters. The monoisotopic (exact) mass is 361 g/mol. The molecule has 4 nitrogen and oxygen atoms in total. The van der Waals surface area contributed by atoms with Crippen molar-refractivity contribution in [1.82, 2.24) is 5.32 Å². The minimum Gasteiger partial charge on any atom is -0.497 e. The summed E-state index contributed by atoms with van der Waals surface area (Å²) < 4.78 is 10.8. The number of hydrogen-bond donors (Lipinski definition) is 1. The van der Waals surface area contributed by atoms with Gasteiger partial charge in [0.25, 0.3) is 0 Å². The first kappa shape index (κ1) is 18.5. The van der Waals surface area contributed by atoms with Crippen molar-refractivity contribution in [3.63, 3.8) is 0 Å². The van der Waals surface area contributed by atoms with Crippen LogP contribution in [0.4, 0.5) is 0 Å². The summed E-state index contributed by atoms with van der Waals surface area (Å²) in [5.41, 5.74) is 3.30. The van der Waals surface area contributed by atoms with Crippen LogP contribution in [0.3, 0.4) is 0 Å². The van der Waals surface area contributed by atoms with E-state index in [4.69, 9.17) is 9.47 Å². The minimum atomic E-state index is -0.0169. The summed E-state index contributed by atoms with van der Waals surface area (Å²) in [5, 5.41) is 2.88. The fourth-order valence-corrected chi connectivity index (χ4v) is 2.74. The lowest BCUT2D eigenvalue weighted by molar-refractivity contribution is -0.120. The lowest BCUT2D eigenvalue weighted by Crippen LogP contribution is -2.29. The number of hydrogen-bond acceptors (Lipinski definition) is 3. The number of carbonyl (C=O) groups is 1. The van der Waals surface area contributed by atoms with Crippen LogP contribution in [0.5, 0.6) is 11.5 Å². The molecule has 0 saturated heterocycles. The van der Waals surface area contributed by atoms with Crippen molar-refractivity contribution in [1.29, 1.82) is 0 Å². The molecule has 138 valence electrons. The highest BCUT2D eigenvalue weighted by Gasteiger charge is 2.04. The van der Waals surface area contributed by atoms with Crippen molar-refractivity contribution in [3.05, 3.63) is 84.4 Å². The summed E-state index contributed by atoms with van der Waals surface area (Å²) in [6.07, 6.45) is 0.355. The molecule has 0 aromatic heterocycles. The maximum atomic E-state index is 12.1. The number of nitrogens with one attached hydrogen (secondary N) is 1. The van der Waals surface area contributed by atoms with Crippen molar-refractivity contribution < 1.29 is 14.3 Å². The van der Waals surface area contributed by atoms with Crippen molar-refractivity contribution in [3.8, 4) is 22.6 Å². The molecule has 0 atom stereocenters. The molecule has 0 radical (unpaired) electrons. The van der Waals surface area contributed by atoms with Crippen LogP contribution in [-0.2, 0) is 11.2 Å². The highest BCUT2D eigenvalue weighted by Crippen LogP contribution is 2.20. The predicted octanol–water partition coefficient (Wildman–Crippen LogP) is 4.10. The average Bonchev–Trinajstić information content (AvgIpc) is 2.72. The number of rotatable bonds is 8. The molecule has 0 aliphatic heterocycles. The second-order valence-corrected chi connectivity index (χ2v) is 6.12. The fraction of sp³-hybridized carbons (Fsp3) is 0.174. The molecule has 27 heavy (non-hydrogen) atoms. The maximum Gasteiger partial charge on any atom is 0.224 e. The predicted molar refractivity (Wildman–Crippen MR) is 107 cm³/mol. The maximum absolute atomic E-state index is 12.1. The van der Waals surface area contributed by atoms with Gasteiger partial charge in [0.15, 0.2) is 0 Å². The minimum absolute atomic E-state index is 0.0169. The molecule has 3 aromatic carbocycles. The Labute approximate surface area is 159 Å². The van der Waals surface area contributed by atoms with Crippen LogP contribution in [0.1, 0.15) is 5.56 Å². The number of carbonyl (C=O) groups excluding carboxylic acids is 1. The zero-order chi connectivity index (χ0) is 18.9. The van der Waals surface area contributed by atoms with Crippen LogP contribution in [0, 0.1) is 0 Å². The van der Waals surface area contributed by atoms with Crippen LogP contribution >= 0.6 is 0 Å². The molecule has 0 bridgehead atoms. The van der Waals surface area contributed by atoms with Crippen LogP contribution in [0.25, 0.3) is 11.1 Å². The molecule has 0 aliphatic rings. The first-order chi connectivity index (χ1) is 13.2. The molecule has 3 aromatic rings. The fourth-order valence-electron chi connectivity index (χ4n) is 2.74. The summed E-state index contributed by atoms with van der Waals surface area (Å²) in [6.45, 7) is 0.865. The molecular formula is C23H23NO3. The Kier molecular flexibility index (Phi) is 6.47. The number of amides is 1. The Balaban J connectivity index is 1.42. The molecule has 0 heterocycles. The van der Waals surface area contributed by atoms with E-state index in [9.17, 15) is 4.79 Å². The second-order valence-electron chi connectivity index (χ2n) is 6.12. The first-order valence-electron chi connectivity index (χ1n) is 8.92. The van der Waals surface area contributed by atoms with E-state index in [1.54, 1.807) is 7.11 Å². The van der Waals surface area contributed by atoms with Gasteiger partial charge in [0.1, 0.15) is 18.1 Å². The average molecular weight is 361 g/mol. The summed E-state index contributed by atoms with van der Waals surface area (Å²) in [7, 11) is 1.62. The number of ether oxygens (including phenoxy) is 2. The molecule has 1 amide bonds. The van der Waals surface area contributed by atoms with Gasteiger partial charge in [0.05, 0.1) is 20.1 Å². The Bertz CT molecular complexity index is 860. The van der Waals surface area contributed by atoms with E-state index in [2.05, 4.69) is 17.4 Å². The van der Waals surface area contributed by atoms with Gasteiger partial charge in [0.2, 0.25) is 5.91 Å². The van der Waals surface area contributed by atoms with E-state index in [1.165, 1.54) is 5.56 Å². The third-order valence-electron chi connectivity index (χ3n) is 4.16. The van der Waals surface area contributed by atoms with E-state index < -0.39 is 0 Å². The molecule has 0 saturated carbocycles. The third-order valence-corrected chi connectivity index (χ3v) is 4.16. The molecule has 0 spiro atoms. The van der Waals surface area contributed by atoms with E-state index in [1.807, 2.05) is 66.7 Å². The van der Waals surface area contributed by atoms with Gasteiger partial charge in [-0.15, -0.1) is 0 Å². The molecule has 1 N–H and O–H groups in total. The molecule has 3 rings (SSSR count). The molecule has 0 aliphatic carbocycles. The van der Waals surface area contributed by atoms with Gasteiger partial charge < -0.3 is 14.8 Å². The van der Waals surface area contributed by atoms with Gasteiger partial charge in [-0.1, -0.05) is 60.7 Å². The zero-order valence-corrected chi connectivity index (χ0v) is 15.4. The van der Waals surface area contributed by atoms with Crippen LogP contribution < -0.4 is 14.8 Å². The van der Waals surface area contributed by atoms with Crippen molar-refractivity contribution in [2.24, 2.45) is 0 Å². The highest BCUT2D eigenvalue weighted by atomic mass is 16.5. The lowest BCUT2D eigenvalue weighted by atomic mass is 10.0. The van der Waals surface area contributed by atoms with E-state index in [0.717, 1.165) is 22.6 Å². The SMILES string of the molecule is COc1cccc(OCCNC(=O)Cc2ccc(-c3ccccc3)cc2)c1.